The minimum atomic E-state index is -3.51. The van der Waals surface area contributed by atoms with Crippen molar-refractivity contribution in [1.82, 2.24) is 14.7 Å². The third-order valence-corrected chi connectivity index (χ3v) is 5.36. The predicted molar refractivity (Wildman–Crippen MR) is 102 cm³/mol. The number of aromatic nitrogens is 2. The van der Waals surface area contributed by atoms with Gasteiger partial charge in [0.25, 0.3) is 0 Å². The van der Waals surface area contributed by atoms with Crippen LogP contribution in [0.2, 0.25) is 0 Å². The molecule has 0 atom stereocenters. The molecule has 134 valence electrons. The van der Waals surface area contributed by atoms with Crippen LogP contribution in [0.4, 0.5) is 0 Å². The van der Waals surface area contributed by atoms with Gasteiger partial charge in [-0.25, -0.2) is 18.1 Å². The van der Waals surface area contributed by atoms with Crippen molar-refractivity contribution in [2.75, 3.05) is 13.1 Å². The maximum Gasteiger partial charge on any atom is 0.240 e. The summed E-state index contributed by atoms with van der Waals surface area (Å²) in [5.74, 6) is 0. The zero-order valence-corrected chi connectivity index (χ0v) is 14.2. The van der Waals surface area contributed by atoms with Crippen LogP contribution in [0.5, 0.6) is 0 Å². The summed E-state index contributed by atoms with van der Waals surface area (Å²) in [6.45, 7) is 2.57. The molecule has 0 radical (unpaired) electrons. The molecule has 3 rings (SSSR count). The third kappa shape index (κ3) is 3.89. The first-order valence-corrected chi connectivity index (χ1v) is 9.30. The number of hydrogen-bond acceptors (Lipinski definition) is 4. The molecule has 0 spiro atoms. The average Bonchev–Trinajstić information content (AvgIpc) is 3.03. The number of fused-ring (bicyclic) bond motifs is 1. The number of nitrogens with zero attached hydrogens (tertiary/aromatic N) is 1. The molecule has 25 heavy (non-hydrogen) atoms. The minimum Gasteiger partial charge on any atom is -0.343 e. The summed E-state index contributed by atoms with van der Waals surface area (Å²) in [5, 5.41) is 1.03. The first kappa shape index (κ1) is 19.1. The Morgan fingerprint density at radius 2 is 1.92 bits per heavy atom. The van der Waals surface area contributed by atoms with Gasteiger partial charge in [-0.15, -0.1) is 0 Å². The fourth-order valence-corrected chi connectivity index (χ4v) is 3.66. The lowest BCUT2D eigenvalue weighted by Crippen LogP contribution is -2.29. The summed E-state index contributed by atoms with van der Waals surface area (Å²) in [4.78, 5) is 7.87. The van der Waals surface area contributed by atoms with Crippen LogP contribution in [0, 0.1) is 0 Å². The monoisotopic (exact) mass is 360 g/mol. The summed E-state index contributed by atoms with van der Waals surface area (Å²) < 4.78 is 26.7. The smallest absolute Gasteiger partial charge is 0.240 e. The second-order valence-corrected chi connectivity index (χ2v) is 7.25. The zero-order chi connectivity index (χ0) is 17.2. The van der Waals surface area contributed by atoms with E-state index >= 15 is 0 Å². The summed E-state index contributed by atoms with van der Waals surface area (Å²) in [6, 6.07) is 10.9. The maximum absolute atomic E-state index is 12.1. The second kappa shape index (κ2) is 7.77. The fraction of sp³-hybridized carbons (Fsp3) is 0.278. The highest BCUT2D eigenvalue weighted by atomic mass is 32.2. The quantitative estimate of drug-likeness (QED) is 0.629. The Hall–Kier alpha value is -2.22. The molecule has 0 saturated carbocycles. The maximum atomic E-state index is 12.1. The largest absolute Gasteiger partial charge is 0.343 e. The summed E-state index contributed by atoms with van der Waals surface area (Å²) >= 11 is 0. The number of hydrogen-bond donors (Lipinski definition) is 3. The third-order valence-electron chi connectivity index (χ3n) is 3.88. The van der Waals surface area contributed by atoms with Gasteiger partial charge in [-0.05, 0) is 41.8 Å². The van der Waals surface area contributed by atoms with Crippen LogP contribution >= 0.6 is 0 Å². The van der Waals surface area contributed by atoms with Crippen LogP contribution in [-0.4, -0.2) is 31.5 Å². The first-order chi connectivity index (χ1) is 11.5. The van der Waals surface area contributed by atoms with E-state index in [0.29, 0.717) is 0 Å². The van der Waals surface area contributed by atoms with Gasteiger partial charge >= 0.3 is 0 Å². The zero-order valence-electron chi connectivity index (χ0n) is 13.4. The molecule has 0 aliphatic heterocycles. The molecule has 0 unspecified atom stereocenters. The van der Waals surface area contributed by atoms with Gasteiger partial charge in [0.2, 0.25) is 10.0 Å². The molecule has 2 aromatic heterocycles. The van der Waals surface area contributed by atoms with Crippen molar-refractivity contribution in [2.24, 2.45) is 5.73 Å². The van der Waals surface area contributed by atoms with Crippen molar-refractivity contribution in [2.45, 2.75) is 25.7 Å². The Kier molecular flexibility index (Phi) is 5.94. The number of nitrogens with one attached hydrogen (secondary N) is 2. The topological polar surface area (TPSA) is 101 Å². The Balaban J connectivity index is 0.00000225. The number of aryl methyl sites for hydroxylation is 1. The summed E-state index contributed by atoms with van der Waals surface area (Å²) in [6.07, 6.45) is 2.65. The van der Waals surface area contributed by atoms with E-state index in [2.05, 4.69) is 27.7 Å². The molecular formula is C18H24N4O2S. The number of rotatable bonds is 6. The minimum absolute atomic E-state index is 0. The molecule has 0 bridgehead atoms. The number of H-pyrrole nitrogens is 1. The van der Waals surface area contributed by atoms with Crippen molar-refractivity contribution in [3.05, 3.63) is 48.3 Å². The molecule has 0 saturated heterocycles. The fourth-order valence-electron chi connectivity index (χ4n) is 2.61. The van der Waals surface area contributed by atoms with E-state index in [1.165, 1.54) is 0 Å². The predicted octanol–water partition coefficient (Wildman–Crippen LogP) is 2.67. The van der Waals surface area contributed by atoms with Crippen LogP contribution in [0.25, 0.3) is 22.2 Å². The van der Waals surface area contributed by atoms with Gasteiger partial charge in [0, 0.05) is 30.4 Å². The Morgan fingerprint density at radius 1 is 1.20 bits per heavy atom. The van der Waals surface area contributed by atoms with E-state index in [4.69, 9.17) is 5.73 Å². The van der Waals surface area contributed by atoms with E-state index in [9.17, 15) is 8.42 Å². The lowest BCUT2D eigenvalue weighted by molar-refractivity contribution is 0.582. The molecule has 0 aliphatic carbocycles. The lowest BCUT2D eigenvalue weighted by atomic mass is 10.0. The Morgan fingerprint density at radius 3 is 2.56 bits per heavy atom. The van der Waals surface area contributed by atoms with Crippen molar-refractivity contribution in [3.8, 4) is 11.1 Å². The molecule has 7 heteroatoms. The molecular weight excluding hydrogens is 336 g/mol. The standard InChI is InChI=1S/C17H20N4O2S.CH4/c1-2-13-11-16-15(7-9-19-17(16)21-13)12-3-5-14(6-4-12)24(22,23)20-10-8-18;/h3-7,9,11,20H,2,8,10,18H2,1H3,(H,19,21);1H4. The van der Waals surface area contributed by atoms with Gasteiger partial charge in [0.15, 0.2) is 0 Å². The highest BCUT2D eigenvalue weighted by Crippen LogP contribution is 2.29. The van der Waals surface area contributed by atoms with E-state index in [-0.39, 0.29) is 25.4 Å². The molecule has 0 amide bonds. The Labute approximate surface area is 148 Å². The summed E-state index contributed by atoms with van der Waals surface area (Å²) in [5.41, 5.74) is 9.27. The van der Waals surface area contributed by atoms with E-state index < -0.39 is 10.0 Å². The number of pyridine rings is 1. The van der Waals surface area contributed by atoms with Gasteiger partial charge in [0.05, 0.1) is 4.90 Å². The highest BCUT2D eigenvalue weighted by molar-refractivity contribution is 7.89. The van der Waals surface area contributed by atoms with E-state index in [1.54, 1.807) is 18.3 Å². The molecule has 3 aromatic rings. The van der Waals surface area contributed by atoms with E-state index in [0.717, 1.165) is 34.3 Å². The van der Waals surface area contributed by atoms with Crippen LogP contribution in [0.3, 0.4) is 0 Å². The SMILES string of the molecule is C.CCc1cc2c(-c3ccc(S(=O)(=O)NCCN)cc3)ccnc2[nH]1. The van der Waals surface area contributed by atoms with Crippen LogP contribution in [-0.2, 0) is 16.4 Å². The van der Waals surface area contributed by atoms with Gasteiger partial charge < -0.3 is 10.7 Å². The number of benzene rings is 1. The lowest BCUT2D eigenvalue weighted by Gasteiger charge is -2.07. The van der Waals surface area contributed by atoms with Crippen molar-refractivity contribution in [3.63, 3.8) is 0 Å². The second-order valence-electron chi connectivity index (χ2n) is 5.48. The number of sulfonamides is 1. The van der Waals surface area contributed by atoms with E-state index in [1.807, 2.05) is 18.2 Å². The molecule has 0 aliphatic rings. The molecule has 0 fully saturated rings. The highest BCUT2D eigenvalue weighted by Gasteiger charge is 2.14. The van der Waals surface area contributed by atoms with Crippen LogP contribution in [0.15, 0.2) is 47.5 Å². The van der Waals surface area contributed by atoms with Crippen molar-refractivity contribution < 1.29 is 8.42 Å². The van der Waals surface area contributed by atoms with Crippen LogP contribution < -0.4 is 10.5 Å². The van der Waals surface area contributed by atoms with Gasteiger partial charge in [-0.1, -0.05) is 26.5 Å². The molecule has 6 nitrogen and oxygen atoms in total. The van der Waals surface area contributed by atoms with Gasteiger partial charge in [-0.2, -0.15) is 0 Å². The molecule has 4 N–H and O–H groups in total. The van der Waals surface area contributed by atoms with Crippen LogP contribution in [0.1, 0.15) is 20.0 Å². The first-order valence-electron chi connectivity index (χ1n) is 7.82. The average molecular weight is 360 g/mol. The van der Waals surface area contributed by atoms with Gasteiger partial charge in [-0.3, -0.25) is 0 Å². The van der Waals surface area contributed by atoms with Crippen molar-refractivity contribution in [1.29, 1.82) is 0 Å². The van der Waals surface area contributed by atoms with Crippen molar-refractivity contribution >= 4 is 21.1 Å². The number of aromatic amines is 1. The number of nitrogens with two attached hydrogens (primary N) is 1. The van der Waals surface area contributed by atoms with Gasteiger partial charge in [0.1, 0.15) is 5.65 Å². The molecule has 2 heterocycles. The molecule has 1 aromatic carbocycles. The Bertz CT molecular complexity index is 947. The normalized spacial score (nSPS) is 11.4. The summed E-state index contributed by atoms with van der Waals surface area (Å²) in [7, 11) is -3.51.